The van der Waals surface area contributed by atoms with E-state index in [1.165, 1.54) is 162 Å². The van der Waals surface area contributed by atoms with Crippen molar-refractivity contribution in [1.82, 2.24) is 38.1 Å². The molecular formula is C125H74N8S. The third kappa shape index (κ3) is 11.6. The summed E-state index contributed by atoms with van der Waals surface area (Å²) >= 11 is 1.88. The molecule has 134 heavy (non-hydrogen) atoms. The van der Waals surface area contributed by atoms with Gasteiger partial charge in [0.2, 0.25) is 0 Å². The highest BCUT2D eigenvalue weighted by Gasteiger charge is 2.27. The summed E-state index contributed by atoms with van der Waals surface area (Å²) in [5.41, 5.74) is 32.9. The molecule has 1 aliphatic rings. The molecule has 0 saturated heterocycles. The van der Waals surface area contributed by atoms with Crippen molar-refractivity contribution in [3.8, 4) is 101 Å². The Labute approximate surface area is 771 Å². The predicted molar refractivity (Wildman–Crippen MR) is 564 cm³/mol. The molecule has 0 aliphatic heterocycles. The first kappa shape index (κ1) is 75.4. The number of aromatic nitrogens is 8. The van der Waals surface area contributed by atoms with Crippen LogP contribution in [0.1, 0.15) is 0 Å². The fourth-order valence-electron chi connectivity index (χ4n) is 21.9. The van der Waals surface area contributed by atoms with Gasteiger partial charge in [-0.05, 0) is 223 Å². The summed E-state index contributed by atoms with van der Waals surface area (Å²) < 4.78 is 9.66. The van der Waals surface area contributed by atoms with E-state index in [0.29, 0.717) is 5.82 Å². The molecule has 0 N–H and O–H groups in total. The first-order valence-corrected chi connectivity index (χ1v) is 46.5. The van der Waals surface area contributed by atoms with E-state index in [0.717, 1.165) is 111 Å². The Bertz CT molecular complexity index is 10000. The fourth-order valence-corrected chi connectivity index (χ4v) is 23.1. The van der Waals surface area contributed by atoms with Crippen LogP contribution >= 0.6 is 11.3 Å². The number of benzene rings is 21. The van der Waals surface area contributed by atoms with Gasteiger partial charge in [-0.1, -0.05) is 352 Å². The third-order valence-corrected chi connectivity index (χ3v) is 29.0. The van der Waals surface area contributed by atoms with Gasteiger partial charge in [-0.2, -0.15) is 0 Å². The smallest absolute Gasteiger partial charge is 0.160 e. The fraction of sp³-hybridized carbons (Fsp3) is 0. The molecule has 0 unspecified atom stereocenters. The molecule has 8 aromatic heterocycles. The second-order valence-corrected chi connectivity index (χ2v) is 36.2. The molecule has 0 spiro atoms. The highest BCUT2D eigenvalue weighted by atomic mass is 32.1. The van der Waals surface area contributed by atoms with Crippen LogP contribution < -0.4 is 0 Å². The van der Waals surface area contributed by atoms with Gasteiger partial charge in [0.15, 0.2) is 5.82 Å². The molecule has 1 aliphatic carbocycles. The van der Waals surface area contributed by atoms with Crippen LogP contribution in [0.25, 0.3) is 279 Å². The highest BCUT2D eigenvalue weighted by molar-refractivity contribution is 7.26. The van der Waals surface area contributed by atoms with Gasteiger partial charge in [-0.15, -0.1) is 11.3 Å². The molecule has 29 aromatic rings. The van der Waals surface area contributed by atoms with Gasteiger partial charge >= 0.3 is 0 Å². The van der Waals surface area contributed by atoms with Crippen LogP contribution in [0.2, 0.25) is 0 Å². The number of pyridine rings is 3. The van der Waals surface area contributed by atoms with Gasteiger partial charge in [0, 0.05) is 69.2 Å². The molecule has 9 heteroatoms. The summed E-state index contributed by atoms with van der Waals surface area (Å²) in [6.07, 6.45) is 0. The molecule has 0 saturated carbocycles. The molecule has 0 atom stereocenters. The van der Waals surface area contributed by atoms with E-state index < -0.39 is 0 Å². The van der Waals surface area contributed by atoms with Gasteiger partial charge in [-0.3, -0.25) is 13.2 Å². The van der Waals surface area contributed by atoms with Crippen LogP contribution in [0.4, 0.5) is 0 Å². The summed E-state index contributed by atoms with van der Waals surface area (Å²) in [5.74, 6) is 0.694. The van der Waals surface area contributed by atoms with Gasteiger partial charge < -0.3 is 0 Å². The third-order valence-electron chi connectivity index (χ3n) is 27.8. The average Bonchev–Trinajstić information content (AvgIpc) is 1.49. The standard InChI is InChI=1S/C45H28N4.C41H24N2S.C39H22N2/c1-3-13-29(14-4-1)30-23-25-32(26-24-30)44-46-39(31-15-5-2-6-16-31)28-40(47-44)36-27-37-34-18-9-11-21-41(34)49-42-22-12-10-20-38(42)48-45(49)43(37)35-19-8-7-17-33(35)36;1-2-16-31-28(13-1)33(24-34-29-14-3-6-20-36(29)43-37-21-7-5-19-35(37)42-41(43)39(31)34)26-12-9-11-25(23-26)27-17-10-18-32-30-15-4-8-22-38(30)44-40(27)32;1-2-13-29-25(11-1)31(24-19-20-26-28-14-7-9-23-10-8-15-30(37(23)28)32(26)21-24)22-33-27-12-3-5-17-35(27)41-36-18-6-4-16-34(36)40-39(41)38(29)33/h1-28H;1-24H;1-22H. The van der Waals surface area contributed by atoms with Crippen molar-refractivity contribution >= 4 is 190 Å². The van der Waals surface area contributed by atoms with E-state index in [2.05, 4.69) is 450 Å². The number of thiophene rings is 1. The lowest BCUT2D eigenvalue weighted by Crippen LogP contribution is -1.98. The van der Waals surface area contributed by atoms with Gasteiger partial charge in [0.25, 0.3) is 0 Å². The van der Waals surface area contributed by atoms with Gasteiger partial charge in [0.1, 0.15) is 16.9 Å². The van der Waals surface area contributed by atoms with Crippen LogP contribution in [-0.4, -0.2) is 38.1 Å². The zero-order valence-electron chi connectivity index (χ0n) is 72.2. The summed E-state index contributed by atoms with van der Waals surface area (Å²) in [5, 5.41) is 23.4. The monoisotopic (exact) mass is 1720 g/mol. The summed E-state index contributed by atoms with van der Waals surface area (Å²) in [6, 6.07) is 161. The van der Waals surface area contributed by atoms with Gasteiger partial charge in [-0.25, -0.2) is 24.9 Å². The average molecular weight is 1720 g/mol. The lowest BCUT2D eigenvalue weighted by atomic mass is 9.90. The lowest BCUT2D eigenvalue weighted by Gasteiger charge is -2.16. The minimum Gasteiger partial charge on any atom is -0.292 e. The van der Waals surface area contributed by atoms with Gasteiger partial charge in [0.05, 0.1) is 61.0 Å². The van der Waals surface area contributed by atoms with Crippen LogP contribution in [0.3, 0.4) is 0 Å². The summed E-state index contributed by atoms with van der Waals surface area (Å²) in [7, 11) is 0. The topological polar surface area (TPSA) is 77.7 Å². The number of hydrogen-bond donors (Lipinski definition) is 0. The van der Waals surface area contributed by atoms with Crippen LogP contribution in [0.5, 0.6) is 0 Å². The molecule has 8 heterocycles. The second kappa shape index (κ2) is 30.0. The molecule has 8 nitrogen and oxygen atoms in total. The first-order chi connectivity index (χ1) is 66.5. The second-order valence-electron chi connectivity index (χ2n) is 35.1. The largest absolute Gasteiger partial charge is 0.292 e. The lowest BCUT2D eigenvalue weighted by molar-refractivity contribution is 1.19. The SMILES string of the molecule is c1cc(-c2cc3c4ccccc4n4c5ccccc5nc4c3c3ccccc23)cc(-c2cccc3c2sc2ccccc23)c1.c1cc2c3c(cccc3c1)-c1cc(-c3cc4c5ccccc5n5c6ccccc6nc5c4c4ccccc34)ccc1-2.c1ccc(-c2ccc(-c3nc(-c4ccccc4)cc(-c4cc5c6ccccc6n6c7ccccc7nc6c5c5ccccc45)n3)cc2)cc1. The Morgan fingerprint density at radius 3 is 1.06 bits per heavy atom. The number of para-hydroxylation sites is 9. The Morgan fingerprint density at radius 1 is 0.172 bits per heavy atom. The maximum Gasteiger partial charge on any atom is 0.160 e. The maximum atomic E-state index is 5.30. The van der Waals surface area contributed by atoms with Crippen LogP contribution in [0, 0.1) is 0 Å². The van der Waals surface area contributed by atoms with Crippen molar-refractivity contribution < 1.29 is 0 Å². The normalized spacial score (nSPS) is 12.0. The Morgan fingerprint density at radius 2 is 0.530 bits per heavy atom. The predicted octanol–water partition coefficient (Wildman–Crippen LogP) is 33.5. The van der Waals surface area contributed by atoms with Crippen molar-refractivity contribution in [2.75, 3.05) is 0 Å². The Balaban J connectivity index is 0.000000100. The van der Waals surface area contributed by atoms with E-state index in [4.69, 9.17) is 24.9 Å². The molecule has 0 bridgehead atoms. The molecule has 0 amide bonds. The van der Waals surface area contributed by atoms with Crippen molar-refractivity contribution in [2.24, 2.45) is 0 Å². The summed E-state index contributed by atoms with van der Waals surface area (Å²) in [4.78, 5) is 26.1. The number of hydrogen-bond acceptors (Lipinski definition) is 6. The Kier molecular flexibility index (Phi) is 16.9. The highest BCUT2D eigenvalue weighted by Crippen LogP contribution is 2.52. The zero-order chi connectivity index (χ0) is 87.7. The zero-order valence-corrected chi connectivity index (χ0v) is 73.0. The minimum absolute atomic E-state index is 0.694. The van der Waals surface area contributed by atoms with E-state index in [1.807, 2.05) is 23.5 Å². The van der Waals surface area contributed by atoms with Crippen molar-refractivity contribution in [3.63, 3.8) is 0 Å². The van der Waals surface area contributed by atoms with Crippen LogP contribution in [0.15, 0.2) is 449 Å². The molecular weight excluding hydrogens is 1650 g/mol. The van der Waals surface area contributed by atoms with Crippen molar-refractivity contribution in [2.45, 2.75) is 0 Å². The number of nitrogens with zero attached hydrogens (tertiary/aromatic N) is 8. The quantitative estimate of drug-likeness (QED) is 0.149. The van der Waals surface area contributed by atoms with E-state index >= 15 is 0 Å². The molecule has 0 radical (unpaired) electrons. The molecule has 21 aromatic carbocycles. The van der Waals surface area contributed by atoms with E-state index in [1.54, 1.807) is 0 Å². The van der Waals surface area contributed by atoms with E-state index in [-0.39, 0.29) is 0 Å². The molecule has 620 valence electrons. The number of rotatable bonds is 7. The minimum atomic E-state index is 0.694. The Hall–Kier alpha value is -17.6. The number of imidazole rings is 3. The van der Waals surface area contributed by atoms with Crippen molar-refractivity contribution in [3.05, 3.63) is 449 Å². The molecule has 0 fully saturated rings. The van der Waals surface area contributed by atoms with Crippen molar-refractivity contribution in [1.29, 1.82) is 0 Å². The van der Waals surface area contributed by atoms with Crippen LogP contribution in [-0.2, 0) is 0 Å². The summed E-state index contributed by atoms with van der Waals surface area (Å²) in [6.45, 7) is 0. The first-order valence-electron chi connectivity index (χ1n) is 45.7. The maximum absolute atomic E-state index is 5.30. The number of fused-ring (bicyclic) bond motifs is 36. The molecule has 30 rings (SSSR count). The van der Waals surface area contributed by atoms with E-state index in [9.17, 15) is 0 Å².